The van der Waals surface area contributed by atoms with Crippen LogP contribution in [0.25, 0.3) is 0 Å². The molecule has 2 aliphatic rings. The molecule has 0 aromatic heterocycles. The van der Waals surface area contributed by atoms with Gasteiger partial charge in [0.15, 0.2) is 0 Å². The summed E-state index contributed by atoms with van der Waals surface area (Å²) >= 11 is 0. The molecule has 0 aromatic carbocycles. The first-order chi connectivity index (χ1) is 8.10. The normalized spacial score (nSPS) is 41.1. The molecule has 0 radical (unpaired) electrons. The topological polar surface area (TPSA) is 58.7 Å². The number of hydrogen-bond donors (Lipinski definition) is 2. The van der Waals surface area contributed by atoms with Gasteiger partial charge in [0.25, 0.3) is 0 Å². The van der Waals surface area contributed by atoms with Crippen molar-refractivity contribution in [3.8, 4) is 0 Å². The van der Waals surface area contributed by atoms with Gasteiger partial charge in [-0.1, -0.05) is 6.92 Å². The predicted molar refractivity (Wildman–Crippen MR) is 67.9 cm³/mol. The lowest BCUT2D eigenvalue weighted by molar-refractivity contribution is -0.0773. The third-order valence-electron chi connectivity index (χ3n) is 4.52. The lowest BCUT2D eigenvalue weighted by atomic mass is 9.71. The van der Waals surface area contributed by atoms with Crippen LogP contribution < -0.4 is 5.73 Å². The van der Waals surface area contributed by atoms with E-state index < -0.39 is 11.1 Å². The molecular formula is C13H26N2O2. The third-order valence-corrected chi connectivity index (χ3v) is 4.52. The van der Waals surface area contributed by atoms with Crippen LogP contribution >= 0.6 is 0 Å². The highest BCUT2D eigenvalue weighted by atomic mass is 16.5. The van der Waals surface area contributed by atoms with Crippen LogP contribution in [0, 0.1) is 0 Å². The van der Waals surface area contributed by atoms with E-state index in [2.05, 4.69) is 11.8 Å². The molecule has 2 atom stereocenters. The van der Waals surface area contributed by atoms with Gasteiger partial charge in [0, 0.05) is 26.2 Å². The van der Waals surface area contributed by atoms with E-state index in [1.807, 2.05) is 0 Å². The number of nitrogens with two attached hydrogens (primary N) is 1. The number of likely N-dealkylation sites (N-methyl/N-ethyl adjacent to an activating group) is 1. The van der Waals surface area contributed by atoms with Crippen LogP contribution in [0.15, 0.2) is 0 Å². The van der Waals surface area contributed by atoms with E-state index in [0.717, 1.165) is 51.9 Å². The zero-order valence-corrected chi connectivity index (χ0v) is 11.0. The van der Waals surface area contributed by atoms with Gasteiger partial charge in [-0.2, -0.15) is 0 Å². The first-order valence-corrected chi connectivity index (χ1v) is 6.91. The number of nitrogens with zero attached hydrogens (tertiary/aromatic N) is 1. The molecule has 2 saturated heterocycles. The zero-order valence-electron chi connectivity index (χ0n) is 11.0. The molecule has 2 rings (SSSR count). The maximum Gasteiger partial charge on any atom is 0.0861 e. The van der Waals surface area contributed by atoms with Crippen molar-refractivity contribution >= 4 is 0 Å². The zero-order chi connectivity index (χ0) is 12.4. The number of hydrogen-bond acceptors (Lipinski definition) is 4. The van der Waals surface area contributed by atoms with Crippen LogP contribution in [-0.2, 0) is 4.74 Å². The molecule has 0 bridgehead atoms. The van der Waals surface area contributed by atoms with Crippen molar-refractivity contribution in [1.29, 1.82) is 0 Å². The van der Waals surface area contributed by atoms with Crippen molar-refractivity contribution in [1.82, 2.24) is 4.90 Å². The summed E-state index contributed by atoms with van der Waals surface area (Å²) in [6, 6.07) is 0. The highest BCUT2D eigenvalue weighted by Crippen LogP contribution is 2.36. The van der Waals surface area contributed by atoms with Gasteiger partial charge in [-0.3, -0.25) is 0 Å². The van der Waals surface area contributed by atoms with Crippen LogP contribution in [0.4, 0.5) is 0 Å². The largest absolute Gasteiger partial charge is 0.388 e. The van der Waals surface area contributed by atoms with Gasteiger partial charge in [0.05, 0.1) is 11.1 Å². The Hall–Kier alpha value is -0.160. The Morgan fingerprint density at radius 3 is 2.82 bits per heavy atom. The molecule has 4 heteroatoms. The summed E-state index contributed by atoms with van der Waals surface area (Å²) in [5.74, 6) is 0. The number of likely N-dealkylation sites (tertiary alicyclic amines) is 1. The highest BCUT2D eigenvalue weighted by Gasteiger charge is 2.49. The average Bonchev–Trinajstić information content (AvgIpc) is 2.55. The van der Waals surface area contributed by atoms with Crippen molar-refractivity contribution < 1.29 is 9.84 Å². The van der Waals surface area contributed by atoms with Crippen LogP contribution in [0.3, 0.4) is 0 Å². The van der Waals surface area contributed by atoms with Crippen molar-refractivity contribution in [2.45, 2.75) is 50.2 Å². The lowest BCUT2D eigenvalue weighted by Gasteiger charge is -2.49. The van der Waals surface area contributed by atoms with Crippen LogP contribution in [0.5, 0.6) is 0 Å². The molecule has 0 aromatic rings. The summed E-state index contributed by atoms with van der Waals surface area (Å²) in [6.07, 6.45) is 4.40. The molecule has 0 aliphatic carbocycles. The molecule has 100 valence electrons. The molecular weight excluding hydrogens is 216 g/mol. The van der Waals surface area contributed by atoms with E-state index in [0.29, 0.717) is 13.0 Å². The Kier molecular flexibility index (Phi) is 4.08. The molecule has 2 fully saturated rings. The molecule has 2 heterocycles. The van der Waals surface area contributed by atoms with Gasteiger partial charge in [-0.15, -0.1) is 0 Å². The molecule has 0 saturated carbocycles. The monoisotopic (exact) mass is 242 g/mol. The highest BCUT2D eigenvalue weighted by molar-refractivity contribution is 5.07. The first kappa shape index (κ1) is 13.3. The molecule has 2 aliphatic heterocycles. The van der Waals surface area contributed by atoms with E-state index in [4.69, 9.17) is 10.5 Å². The number of ether oxygens (including phenoxy) is 1. The van der Waals surface area contributed by atoms with E-state index in [1.54, 1.807) is 0 Å². The molecule has 4 nitrogen and oxygen atoms in total. The predicted octanol–water partition coefficient (Wildman–Crippen LogP) is 0.731. The maximum atomic E-state index is 10.9. The van der Waals surface area contributed by atoms with E-state index in [-0.39, 0.29) is 0 Å². The quantitative estimate of drug-likeness (QED) is 0.749. The van der Waals surface area contributed by atoms with Crippen molar-refractivity contribution in [2.24, 2.45) is 5.73 Å². The Bertz CT molecular complexity index is 252. The van der Waals surface area contributed by atoms with Gasteiger partial charge in [-0.05, 0) is 38.8 Å². The van der Waals surface area contributed by atoms with E-state index in [1.165, 1.54) is 0 Å². The summed E-state index contributed by atoms with van der Waals surface area (Å²) in [5.41, 5.74) is 5.37. The minimum atomic E-state index is -0.739. The van der Waals surface area contributed by atoms with Crippen LogP contribution in [0.2, 0.25) is 0 Å². The maximum absolute atomic E-state index is 10.9. The second-order valence-corrected chi connectivity index (χ2v) is 5.63. The minimum Gasteiger partial charge on any atom is -0.388 e. The van der Waals surface area contributed by atoms with Gasteiger partial charge in [-0.25, -0.2) is 0 Å². The third kappa shape index (κ3) is 2.65. The average molecular weight is 242 g/mol. The number of rotatable bonds is 2. The fourth-order valence-corrected chi connectivity index (χ4v) is 3.26. The van der Waals surface area contributed by atoms with Gasteiger partial charge in [0.1, 0.15) is 0 Å². The van der Waals surface area contributed by atoms with E-state index >= 15 is 0 Å². The Balaban J connectivity index is 2.11. The minimum absolute atomic E-state index is 0.449. The SMILES string of the molecule is CCN1CCCC(N)(C2(O)CCCOCC2)C1. The molecule has 3 N–H and O–H groups in total. The number of aliphatic hydroxyl groups is 1. The van der Waals surface area contributed by atoms with Crippen molar-refractivity contribution in [2.75, 3.05) is 32.8 Å². The molecule has 0 amide bonds. The number of piperidine rings is 1. The fourth-order valence-electron chi connectivity index (χ4n) is 3.26. The Labute approximate surface area is 104 Å². The summed E-state index contributed by atoms with van der Waals surface area (Å²) in [7, 11) is 0. The Morgan fingerprint density at radius 2 is 2.06 bits per heavy atom. The summed E-state index contributed by atoms with van der Waals surface area (Å²) in [6.45, 7) is 6.51. The second-order valence-electron chi connectivity index (χ2n) is 5.63. The standard InChI is InChI=1S/C13H26N2O2/c1-2-15-8-3-5-12(14,11-15)13(16)6-4-9-17-10-7-13/h16H,2-11,14H2,1H3. The molecule has 17 heavy (non-hydrogen) atoms. The van der Waals surface area contributed by atoms with Gasteiger partial charge >= 0.3 is 0 Å². The van der Waals surface area contributed by atoms with Crippen LogP contribution in [-0.4, -0.2) is 54.0 Å². The Morgan fingerprint density at radius 1 is 1.24 bits per heavy atom. The van der Waals surface area contributed by atoms with Crippen LogP contribution in [0.1, 0.15) is 39.0 Å². The van der Waals surface area contributed by atoms with Crippen molar-refractivity contribution in [3.63, 3.8) is 0 Å². The second kappa shape index (κ2) is 5.22. The summed E-state index contributed by atoms with van der Waals surface area (Å²) < 4.78 is 5.45. The molecule has 0 spiro atoms. The van der Waals surface area contributed by atoms with Gasteiger partial charge in [0.2, 0.25) is 0 Å². The van der Waals surface area contributed by atoms with Gasteiger partial charge < -0.3 is 20.5 Å². The first-order valence-electron chi connectivity index (χ1n) is 6.91. The lowest BCUT2D eigenvalue weighted by Crippen LogP contribution is -2.67. The fraction of sp³-hybridized carbons (Fsp3) is 1.00. The smallest absolute Gasteiger partial charge is 0.0861 e. The van der Waals surface area contributed by atoms with Crippen molar-refractivity contribution in [3.05, 3.63) is 0 Å². The van der Waals surface area contributed by atoms with E-state index in [9.17, 15) is 5.11 Å². The summed E-state index contributed by atoms with van der Waals surface area (Å²) in [4.78, 5) is 2.35. The summed E-state index contributed by atoms with van der Waals surface area (Å²) in [5, 5.41) is 10.9. The molecule has 2 unspecified atom stereocenters.